The van der Waals surface area contributed by atoms with Crippen LogP contribution in [0.15, 0.2) is 186 Å². The Morgan fingerprint density at radius 3 is 2.00 bits per heavy atom. The predicted octanol–water partition coefficient (Wildman–Crippen LogP) is 13.8. The van der Waals surface area contributed by atoms with Crippen molar-refractivity contribution < 1.29 is 4.42 Å². The lowest BCUT2D eigenvalue weighted by atomic mass is 10.0. The molecule has 0 saturated carbocycles. The van der Waals surface area contributed by atoms with Gasteiger partial charge in [0.15, 0.2) is 5.58 Å². The van der Waals surface area contributed by atoms with E-state index in [0.717, 1.165) is 50.2 Å². The summed E-state index contributed by atoms with van der Waals surface area (Å²) in [5.41, 5.74) is 10.4. The summed E-state index contributed by atoms with van der Waals surface area (Å²) < 4.78 is 9.16. The molecule has 10 rings (SSSR count). The van der Waals surface area contributed by atoms with Crippen molar-refractivity contribution in [3.05, 3.63) is 182 Å². The van der Waals surface area contributed by atoms with Crippen molar-refractivity contribution in [1.29, 1.82) is 0 Å². The molecule has 0 unspecified atom stereocenters. The Morgan fingerprint density at radius 2 is 1.10 bits per heavy atom. The second-order valence-corrected chi connectivity index (χ2v) is 13.9. The van der Waals surface area contributed by atoms with Crippen molar-refractivity contribution in [2.45, 2.75) is 0 Å². The van der Waals surface area contributed by atoms with Gasteiger partial charge in [-0.15, -0.1) is 11.3 Å². The maximum Gasteiger partial charge on any atom is 0.227 e. The predicted molar refractivity (Wildman–Crippen MR) is 215 cm³/mol. The van der Waals surface area contributed by atoms with Crippen LogP contribution in [0, 0.1) is 0 Å². The maximum absolute atomic E-state index is 6.57. The number of oxazole rings is 1. The van der Waals surface area contributed by atoms with E-state index in [1.807, 2.05) is 17.4 Å². The highest BCUT2D eigenvalue weighted by molar-refractivity contribution is 7.25. The van der Waals surface area contributed by atoms with Gasteiger partial charge in [-0.1, -0.05) is 121 Å². The molecule has 2 heterocycles. The van der Waals surface area contributed by atoms with E-state index in [0.29, 0.717) is 5.89 Å². The molecule has 0 bridgehead atoms. The van der Waals surface area contributed by atoms with Crippen molar-refractivity contribution >= 4 is 70.4 Å². The minimum atomic E-state index is 0.631. The third kappa shape index (κ3) is 5.16. The molecule has 240 valence electrons. The molecule has 4 heteroatoms. The average Bonchev–Trinajstić information content (AvgIpc) is 3.80. The minimum absolute atomic E-state index is 0.631. The SMILES string of the molecule is c1ccc(-c2cccc(N(c3ccc(-c4cccc5nc(-c6cccc7ccccc67)oc45)cc3)c3ccc4sc5ccccc5c4c3)c2)cc1. The van der Waals surface area contributed by atoms with Gasteiger partial charge in [-0.2, -0.15) is 0 Å². The summed E-state index contributed by atoms with van der Waals surface area (Å²) in [6.07, 6.45) is 0. The number of hydrogen-bond acceptors (Lipinski definition) is 4. The van der Waals surface area contributed by atoms with E-state index < -0.39 is 0 Å². The van der Waals surface area contributed by atoms with Gasteiger partial charge in [0.1, 0.15) is 5.52 Å². The molecular formula is C47H30N2OS. The van der Waals surface area contributed by atoms with Gasteiger partial charge in [-0.25, -0.2) is 4.98 Å². The summed E-state index contributed by atoms with van der Waals surface area (Å²) in [6, 6.07) is 64.5. The molecule has 0 fully saturated rings. The van der Waals surface area contributed by atoms with E-state index >= 15 is 0 Å². The molecule has 0 aliphatic carbocycles. The first-order valence-electron chi connectivity index (χ1n) is 17.1. The summed E-state index contributed by atoms with van der Waals surface area (Å²) in [4.78, 5) is 7.30. The van der Waals surface area contributed by atoms with Crippen LogP contribution in [0.3, 0.4) is 0 Å². The monoisotopic (exact) mass is 670 g/mol. The highest BCUT2D eigenvalue weighted by atomic mass is 32.1. The van der Waals surface area contributed by atoms with Gasteiger partial charge in [-0.3, -0.25) is 0 Å². The molecule has 2 aromatic heterocycles. The van der Waals surface area contributed by atoms with Crippen molar-refractivity contribution in [3.63, 3.8) is 0 Å². The molecule has 0 aliphatic heterocycles. The van der Waals surface area contributed by atoms with Crippen LogP contribution in [0.4, 0.5) is 17.1 Å². The van der Waals surface area contributed by atoms with Gasteiger partial charge < -0.3 is 9.32 Å². The van der Waals surface area contributed by atoms with Crippen molar-refractivity contribution in [1.82, 2.24) is 4.98 Å². The number of thiophene rings is 1. The number of benzene rings is 8. The van der Waals surface area contributed by atoms with Crippen LogP contribution in [0.1, 0.15) is 0 Å². The molecule has 0 aliphatic rings. The number of hydrogen-bond donors (Lipinski definition) is 0. The largest absolute Gasteiger partial charge is 0.435 e. The number of anilines is 3. The molecule has 0 amide bonds. The Balaban J connectivity index is 1.09. The van der Waals surface area contributed by atoms with E-state index in [4.69, 9.17) is 9.40 Å². The molecule has 3 nitrogen and oxygen atoms in total. The highest BCUT2D eigenvalue weighted by Crippen LogP contribution is 2.42. The lowest BCUT2D eigenvalue weighted by molar-refractivity contribution is 0.621. The number of aromatic nitrogens is 1. The number of fused-ring (bicyclic) bond motifs is 5. The molecular weight excluding hydrogens is 641 g/mol. The Bertz CT molecular complexity index is 2860. The third-order valence-corrected chi connectivity index (χ3v) is 10.9. The van der Waals surface area contributed by atoms with Crippen molar-refractivity contribution in [3.8, 4) is 33.7 Å². The van der Waals surface area contributed by atoms with Crippen molar-refractivity contribution in [2.75, 3.05) is 4.90 Å². The van der Waals surface area contributed by atoms with Gasteiger partial charge in [0.25, 0.3) is 0 Å². The summed E-state index contributed by atoms with van der Waals surface area (Å²) in [6.45, 7) is 0. The fraction of sp³-hybridized carbons (Fsp3) is 0. The fourth-order valence-corrected chi connectivity index (χ4v) is 8.34. The van der Waals surface area contributed by atoms with E-state index in [1.54, 1.807) is 0 Å². The maximum atomic E-state index is 6.57. The lowest BCUT2D eigenvalue weighted by Crippen LogP contribution is -2.10. The van der Waals surface area contributed by atoms with Crippen LogP contribution in [0.2, 0.25) is 0 Å². The smallest absolute Gasteiger partial charge is 0.227 e. The van der Waals surface area contributed by atoms with Gasteiger partial charge in [0, 0.05) is 48.4 Å². The molecule has 51 heavy (non-hydrogen) atoms. The Labute approximate surface area is 299 Å². The third-order valence-electron chi connectivity index (χ3n) is 9.70. The van der Waals surface area contributed by atoms with Gasteiger partial charge in [0.2, 0.25) is 5.89 Å². The fourth-order valence-electron chi connectivity index (χ4n) is 7.25. The van der Waals surface area contributed by atoms with Crippen LogP contribution in [0.25, 0.3) is 75.8 Å². The van der Waals surface area contributed by atoms with E-state index in [9.17, 15) is 0 Å². The van der Waals surface area contributed by atoms with Crippen LogP contribution in [-0.4, -0.2) is 4.98 Å². The first kappa shape index (κ1) is 29.4. The van der Waals surface area contributed by atoms with Crippen LogP contribution >= 0.6 is 11.3 Å². The molecule has 8 aromatic carbocycles. The van der Waals surface area contributed by atoms with E-state index in [2.05, 4.69) is 181 Å². The van der Waals surface area contributed by atoms with Gasteiger partial charge in [0.05, 0.1) is 0 Å². The van der Waals surface area contributed by atoms with Crippen LogP contribution < -0.4 is 4.90 Å². The highest BCUT2D eigenvalue weighted by Gasteiger charge is 2.18. The standard InChI is InChI=1S/C47H30N2OS/c1-2-11-31(12-3-1)34-15-8-16-36(29-34)49(37-27-28-45-42(30-37)40-18-6-7-22-44(40)51-45)35-25-23-33(24-26-35)39-19-10-21-43-46(39)50-47(48-43)41-20-9-14-32-13-4-5-17-38(32)41/h1-30H. The first-order chi connectivity index (χ1) is 25.3. The first-order valence-corrected chi connectivity index (χ1v) is 17.9. The van der Waals surface area contributed by atoms with Crippen molar-refractivity contribution in [2.24, 2.45) is 0 Å². The molecule has 0 radical (unpaired) electrons. The topological polar surface area (TPSA) is 29.3 Å². The van der Waals surface area contributed by atoms with E-state index in [1.165, 1.54) is 36.7 Å². The zero-order valence-corrected chi connectivity index (χ0v) is 28.3. The second-order valence-electron chi connectivity index (χ2n) is 12.8. The van der Waals surface area contributed by atoms with Crippen LogP contribution in [-0.2, 0) is 0 Å². The average molecular weight is 671 g/mol. The summed E-state index contributed by atoms with van der Waals surface area (Å²) in [5, 5.41) is 4.85. The van der Waals surface area contributed by atoms with Gasteiger partial charge in [-0.05, 0) is 88.1 Å². The molecule has 0 atom stereocenters. The summed E-state index contributed by atoms with van der Waals surface area (Å²) in [7, 11) is 0. The lowest BCUT2D eigenvalue weighted by Gasteiger charge is -2.26. The Hall–Kier alpha value is -6.49. The van der Waals surface area contributed by atoms with Crippen LogP contribution in [0.5, 0.6) is 0 Å². The normalized spacial score (nSPS) is 11.5. The number of rotatable bonds is 6. The number of nitrogens with zero attached hydrogens (tertiary/aromatic N) is 2. The minimum Gasteiger partial charge on any atom is -0.435 e. The molecule has 0 N–H and O–H groups in total. The van der Waals surface area contributed by atoms with E-state index in [-0.39, 0.29) is 0 Å². The molecule has 0 spiro atoms. The second kappa shape index (κ2) is 12.1. The summed E-state index contributed by atoms with van der Waals surface area (Å²) in [5.74, 6) is 0.631. The molecule has 0 saturated heterocycles. The zero-order valence-electron chi connectivity index (χ0n) is 27.5. The Morgan fingerprint density at radius 1 is 0.431 bits per heavy atom. The Kier molecular flexibility index (Phi) is 7.00. The summed E-state index contributed by atoms with van der Waals surface area (Å²) >= 11 is 1.84. The van der Waals surface area contributed by atoms with Gasteiger partial charge >= 0.3 is 0 Å². The quantitative estimate of drug-likeness (QED) is 0.176. The molecule has 10 aromatic rings. The number of para-hydroxylation sites is 1. The zero-order chi connectivity index (χ0) is 33.7.